The van der Waals surface area contributed by atoms with Gasteiger partial charge in [0.1, 0.15) is 5.56 Å². The highest BCUT2D eigenvalue weighted by molar-refractivity contribution is 6.17. The largest absolute Gasteiger partial charge is 0.501 e. The van der Waals surface area contributed by atoms with Crippen molar-refractivity contribution in [3.63, 3.8) is 0 Å². The average Bonchev–Trinajstić information content (AvgIpc) is 2.16. The molecule has 0 fully saturated rings. The van der Waals surface area contributed by atoms with Crippen molar-refractivity contribution < 1.29 is 18.8 Å². The average molecular weight is 239 g/mol. The van der Waals surface area contributed by atoms with Crippen LogP contribution in [0.5, 0.6) is 5.75 Å². The number of aromatic nitrogens is 1. The van der Waals surface area contributed by atoms with E-state index < -0.39 is 28.3 Å². The van der Waals surface area contributed by atoms with Crippen LogP contribution in [-0.4, -0.2) is 15.0 Å². The number of nitro groups is 1. The summed E-state index contributed by atoms with van der Waals surface area (Å²) in [7, 11) is 0. The van der Waals surface area contributed by atoms with Crippen LogP contribution in [-0.2, 0) is 5.88 Å². The van der Waals surface area contributed by atoms with Crippen LogP contribution in [0.3, 0.4) is 0 Å². The molecule has 1 aromatic rings. The molecule has 1 aromatic heterocycles. The molecule has 0 unspecified atom stereocenters. The van der Waals surface area contributed by atoms with Crippen LogP contribution in [0.25, 0.3) is 0 Å². The Hall–Kier alpha value is -1.50. The van der Waals surface area contributed by atoms with E-state index in [1.165, 1.54) is 0 Å². The van der Waals surface area contributed by atoms with Gasteiger partial charge in [0.2, 0.25) is 5.75 Å². The van der Waals surface area contributed by atoms with Gasteiger partial charge in [0.15, 0.2) is 0 Å². The zero-order chi connectivity index (χ0) is 11.6. The maximum atomic E-state index is 12.5. The third-order valence-corrected chi connectivity index (χ3v) is 1.93. The lowest BCUT2D eigenvalue weighted by molar-refractivity contribution is -0.387. The van der Waals surface area contributed by atoms with Crippen molar-refractivity contribution in [1.29, 1.82) is 0 Å². The van der Waals surface area contributed by atoms with Gasteiger partial charge in [0.25, 0.3) is 6.43 Å². The van der Waals surface area contributed by atoms with E-state index in [-0.39, 0.29) is 11.6 Å². The second kappa shape index (κ2) is 4.35. The predicted molar refractivity (Wildman–Crippen MR) is 47.1 cm³/mol. The van der Waals surface area contributed by atoms with Gasteiger partial charge in [-0.05, 0) is 0 Å². The van der Waals surface area contributed by atoms with Crippen LogP contribution in [0.2, 0.25) is 0 Å². The van der Waals surface area contributed by atoms with Crippen molar-refractivity contribution in [2.75, 3.05) is 0 Å². The standard InChI is InChI=1S/C7H5ClF2N2O3/c8-1-3-5(7(9)10)6(12(14)15)4(13)2-11-3/h2,7,13H,1H2. The van der Waals surface area contributed by atoms with Crippen LogP contribution in [0.15, 0.2) is 6.20 Å². The number of rotatable bonds is 3. The summed E-state index contributed by atoms with van der Waals surface area (Å²) in [5.41, 5.74) is -2.29. The lowest BCUT2D eigenvalue weighted by Crippen LogP contribution is -2.02. The second-order valence-corrected chi connectivity index (χ2v) is 2.81. The predicted octanol–water partition coefficient (Wildman–Crippen LogP) is 2.37. The minimum atomic E-state index is -3.11. The van der Waals surface area contributed by atoms with E-state index in [1.54, 1.807) is 0 Å². The van der Waals surface area contributed by atoms with Crippen molar-refractivity contribution in [1.82, 2.24) is 4.98 Å². The first kappa shape index (κ1) is 11.6. The molecule has 0 bridgehead atoms. The van der Waals surface area contributed by atoms with Crippen LogP contribution >= 0.6 is 11.6 Å². The zero-order valence-corrected chi connectivity index (χ0v) is 7.91. The van der Waals surface area contributed by atoms with Crippen molar-refractivity contribution in [2.45, 2.75) is 12.3 Å². The molecule has 1 heterocycles. The molecule has 5 nitrogen and oxygen atoms in total. The first-order valence-electron chi connectivity index (χ1n) is 3.68. The van der Waals surface area contributed by atoms with E-state index in [9.17, 15) is 18.9 Å². The van der Waals surface area contributed by atoms with Crippen LogP contribution in [0.4, 0.5) is 14.5 Å². The zero-order valence-electron chi connectivity index (χ0n) is 7.15. The lowest BCUT2D eigenvalue weighted by atomic mass is 10.1. The van der Waals surface area contributed by atoms with Gasteiger partial charge >= 0.3 is 5.69 Å². The Bertz CT molecular complexity index is 400. The number of nitrogens with zero attached hydrogens (tertiary/aromatic N) is 2. The third kappa shape index (κ3) is 2.12. The molecule has 15 heavy (non-hydrogen) atoms. The quantitative estimate of drug-likeness (QED) is 0.498. The number of aromatic hydroxyl groups is 1. The van der Waals surface area contributed by atoms with Gasteiger partial charge in [-0.1, -0.05) is 0 Å². The molecule has 8 heteroatoms. The molecule has 0 aliphatic heterocycles. The topological polar surface area (TPSA) is 76.3 Å². The fourth-order valence-corrected chi connectivity index (χ4v) is 1.29. The number of pyridine rings is 1. The summed E-state index contributed by atoms with van der Waals surface area (Å²) in [6.45, 7) is 0. The SMILES string of the molecule is O=[N+]([O-])c1c(O)cnc(CCl)c1C(F)F. The van der Waals surface area contributed by atoms with Gasteiger partial charge in [0.05, 0.1) is 22.7 Å². The molecule has 0 aliphatic rings. The lowest BCUT2D eigenvalue weighted by Gasteiger charge is -2.06. The maximum Gasteiger partial charge on any atom is 0.323 e. The van der Waals surface area contributed by atoms with E-state index >= 15 is 0 Å². The highest BCUT2D eigenvalue weighted by Crippen LogP contribution is 2.37. The van der Waals surface area contributed by atoms with Crippen LogP contribution in [0.1, 0.15) is 17.7 Å². The molecule has 1 N–H and O–H groups in total. The number of halogens is 3. The van der Waals surface area contributed by atoms with Gasteiger partial charge in [-0.15, -0.1) is 11.6 Å². The molecular formula is C7H5ClF2N2O3. The summed E-state index contributed by atoms with van der Waals surface area (Å²) in [6, 6.07) is 0. The van der Waals surface area contributed by atoms with Gasteiger partial charge in [-0.25, -0.2) is 8.78 Å². The van der Waals surface area contributed by atoms with Crippen molar-refractivity contribution in [3.8, 4) is 5.75 Å². The van der Waals surface area contributed by atoms with Gasteiger partial charge < -0.3 is 5.11 Å². The number of hydrogen-bond acceptors (Lipinski definition) is 4. The second-order valence-electron chi connectivity index (χ2n) is 2.54. The molecule has 82 valence electrons. The summed E-state index contributed by atoms with van der Waals surface area (Å²) < 4.78 is 25.0. The van der Waals surface area contributed by atoms with E-state index in [1.807, 2.05) is 0 Å². The summed E-state index contributed by atoms with van der Waals surface area (Å²) in [5, 5.41) is 19.5. The highest BCUT2D eigenvalue weighted by atomic mass is 35.5. The minimum absolute atomic E-state index is 0.309. The van der Waals surface area contributed by atoms with Gasteiger partial charge in [-0.3, -0.25) is 15.1 Å². The molecule has 0 saturated carbocycles. The third-order valence-electron chi connectivity index (χ3n) is 1.68. The summed E-state index contributed by atoms with van der Waals surface area (Å²) in [4.78, 5) is 12.8. The summed E-state index contributed by atoms with van der Waals surface area (Å²) >= 11 is 5.31. The molecule has 0 aromatic carbocycles. The Morgan fingerprint density at radius 2 is 2.27 bits per heavy atom. The van der Waals surface area contributed by atoms with Crippen molar-refractivity contribution in [3.05, 3.63) is 27.6 Å². The Balaban J connectivity index is 3.51. The fourth-order valence-electron chi connectivity index (χ4n) is 1.07. The molecule has 0 aliphatic carbocycles. The summed E-state index contributed by atoms with van der Waals surface area (Å²) in [5.74, 6) is -1.29. The van der Waals surface area contributed by atoms with Crippen LogP contribution < -0.4 is 0 Å². The molecular weight excluding hydrogens is 234 g/mol. The molecule has 1 rings (SSSR count). The first-order valence-corrected chi connectivity index (χ1v) is 4.21. The molecule has 0 atom stereocenters. The van der Waals surface area contributed by atoms with Gasteiger partial charge in [0, 0.05) is 0 Å². The Kier molecular flexibility index (Phi) is 3.35. The normalized spacial score (nSPS) is 10.7. The van der Waals surface area contributed by atoms with E-state index in [2.05, 4.69) is 4.98 Å². The number of hydrogen-bond donors (Lipinski definition) is 1. The Morgan fingerprint density at radius 3 is 2.67 bits per heavy atom. The Labute approximate surface area is 87.5 Å². The molecule has 0 amide bonds. The Morgan fingerprint density at radius 1 is 1.67 bits per heavy atom. The van der Waals surface area contributed by atoms with Crippen molar-refractivity contribution in [2.24, 2.45) is 0 Å². The van der Waals surface area contributed by atoms with Crippen LogP contribution in [0, 0.1) is 10.1 Å². The van der Waals surface area contributed by atoms with Crippen molar-refractivity contribution >= 4 is 17.3 Å². The first-order chi connectivity index (χ1) is 6.99. The van der Waals surface area contributed by atoms with E-state index in [0.29, 0.717) is 0 Å². The smallest absolute Gasteiger partial charge is 0.323 e. The monoisotopic (exact) mass is 238 g/mol. The number of alkyl halides is 3. The maximum absolute atomic E-state index is 12.5. The van der Waals surface area contributed by atoms with E-state index in [4.69, 9.17) is 16.7 Å². The minimum Gasteiger partial charge on any atom is -0.501 e. The molecule has 0 spiro atoms. The summed E-state index contributed by atoms with van der Waals surface area (Å²) in [6.07, 6.45) is -2.39. The van der Waals surface area contributed by atoms with Gasteiger partial charge in [-0.2, -0.15) is 0 Å². The molecule has 0 saturated heterocycles. The fraction of sp³-hybridized carbons (Fsp3) is 0.286. The van der Waals surface area contributed by atoms with E-state index in [0.717, 1.165) is 6.20 Å². The molecule has 0 radical (unpaired) electrons. The highest BCUT2D eigenvalue weighted by Gasteiger charge is 2.30.